The molecule has 2 heterocycles. The van der Waals surface area contributed by atoms with Crippen molar-refractivity contribution in [3.05, 3.63) is 23.9 Å². The molecule has 1 aromatic heterocycles. The van der Waals surface area contributed by atoms with Crippen molar-refractivity contribution in [3.63, 3.8) is 0 Å². The first-order chi connectivity index (χ1) is 12.6. The van der Waals surface area contributed by atoms with Crippen LogP contribution in [0.2, 0.25) is 0 Å². The number of rotatable bonds is 6. The number of hydrogen-bond donors (Lipinski definition) is 1. The third-order valence-electron chi connectivity index (χ3n) is 5.26. The van der Waals surface area contributed by atoms with Gasteiger partial charge in [-0.1, -0.05) is 19.3 Å². The molecule has 0 spiro atoms. The predicted molar refractivity (Wildman–Crippen MR) is 96.6 cm³/mol. The predicted octanol–water partition coefficient (Wildman–Crippen LogP) is 3.16. The first kappa shape index (κ1) is 19.5. The van der Waals surface area contributed by atoms with Gasteiger partial charge in [-0.25, -0.2) is 4.98 Å². The molecule has 1 amide bonds. The maximum absolute atomic E-state index is 12.7. The van der Waals surface area contributed by atoms with E-state index in [1.165, 1.54) is 12.6 Å². The highest BCUT2D eigenvalue weighted by Gasteiger charge is 2.39. The fraction of sp³-hybridized carbons (Fsp3) is 0.667. The molecule has 0 radical (unpaired) electrons. The van der Waals surface area contributed by atoms with E-state index in [9.17, 15) is 13.6 Å². The molecule has 3 rings (SSSR count). The molecule has 1 N–H and O–H groups in total. The number of alkyl halides is 2. The Morgan fingerprint density at radius 1 is 1.31 bits per heavy atom. The second-order valence-corrected chi connectivity index (χ2v) is 7.78. The summed E-state index contributed by atoms with van der Waals surface area (Å²) in [6.07, 6.45) is 7.02. The summed E-state index contributed by atoms with van der Waals surface area (Å²) >= 11 is 0.310. The van der Waals surface area contributed by atoms with Crippen molar-refractivity contribution in [2.24, 2.45) is 0 Å². The minimum atomic E-state index is -2.60. The Balaban J connectivity index is 1.70. The topological polar surface area (TPSA) is 54.5 Å². The lowest BCUT2D eigenvalue weighted by molar-refractivity contribution is -0.0361. The minimum Gasteiger partial charge on any atom is -0.379 e. The Kier molecular flexibility index (Phi) is 6.83. The molecule has 5 nitrogen and oxygen atoms in total. The average molecular weight is 385 g/mol. The number of ether oxygens (including phenoxy) is 1. The van der Waals surface area contributed by atoms with Crippen LogP contribution in [-0.4, -0.2) is 59.9 Å². The van der Waals surface area contributed by atoms with Crippen molar-refractivity contribution in [1.29, 1.82) is 0 Å². The summed E-state index contributed by atoms with van der Waals surface area (Å²) in [5, 5.41) is 3.07. The van der Waals surface area contributed by atoms with E-state index in [0.717, 1.165) is 38.8 Å². The zero-order valence-electron chi connectivity index (χ0n) is 14.8. The summed E-state index contributed by atoms with van der Waals surface area (Å²) in [5.41, 5.74) is 0.154. The van der Waals surface area contributed by atoms with Gasteiger partial charge in [0.25, 0.3) is 11.7 Å². The zero-order valence-corrected chi connectivity index (χ0v) is 15.6. The zero-order chi connectivity index (χ0) is 18.4. The van der Waals surface area contributed by atoms with E-state index >= 15 is 0 Å². The molecule has 8 heteroatoms. The van der Waals surface area contributed by atoms with E-state index in [4.69, 9.17) is 4.74 Å². The van der Waals surface area contributed by atoms with Crippen molar-refractivity contribution in [3.8, 4) is 0 Å². The van der Waals surface area contributed by atoms with Gasteiger partial charge in [-0.05, 0) is 36.7 Å². The highest BCUT2D eigenvalue weighted by Crippen LogP contribution is 2.34. The molecule has 1 saturated heterocycles. The number of morpholine rings is 1. The van der Waals surface area contributed by atoms with Gasteiger partial charge in [-0.3, -0.25) is 9.69 Å². The summed E-state index contributed by atoms with van der Waals surface area (Å²) in [5.74, 6) is -2.94. The second-order valence-electron chi connectivity index (χ2n) is 6.80. The molecule has 2 aliphatic rings. The molecule has 144 valence electrons. The number of aromatic nitrogens is 1. The number of nitrogens with zero attached hydrogens (tertiary/aromatic N) is 2. The molecular weight excluding hydrogens is 360 g/mol. The van der Waals surface area contributed by atoms with Gasteiger partial charge < -0.3 is 10.1 Å². The molecule has 1 saturated carbocycles. The van der Waals surface area contributed by atoms with E-state index in [1.807, 2.05) is 0 Å². The van der Waals surface area contributed by atoms with Gasteiger partial charge in [0.05, 0.1) is 18.8 Å². The van der Waals surface area contributed by atoms with Crippen LogP contribution in [-0.2, 0) is 4.74 Å². The van der Waals surface area contributed by atoms with Gasteiger partial charge in [-0.15, -0.1) is 0 Å². The van der Waals surface area contributed by atoms with E-state index in [-0.39, 0.29) is 22.0 Å². The number of amides is 1. The third-order valence-corrected chi connectivity index (χ3v) is 5.99. The molecule has 0 bridgehead atoms. The Hall–Kier alpha value is -1.25. The van der Waals surface area contributed by atoms with E-state index in [0.29, 0.717) is 31.5 Å². The largest absolute Gasteiger partial charge is 0.379 e. The Bertz CT molecular complexity index is 606. The van der Waals surface area contributed by atoms with Crippen LogP contribution in [0.3, 0.4) is 0 Å². The molecule has 0 atom stereocenters. The normalized spacial score (nSPS) is 20.9. The number of nitrogens with one attached hydrogen (secondary N) is 1. The fourth-order valence-electron chi connectivity index (χ4n) is 3.93. The van der Waals surface area contributed by atoms with Crippen LogP contribution in [0.1, 0.15) is 42.5 Å². The number of pyridine rings is 1. The lowest BCUT2D eigenvalue weighted by Crippen LogP contribution is -2.59. The van der Waals surface area contributed by atoms with Crippen molar-refractivity contribution < 1.29 is 18.3 Å². The van der Waals surface area contributed by atoms with Crippen molar-refractivity contribution >= 4 is 17.7 Å². The number of hydrogen-bond acceptors (Lipinski definition) is 5. The summed E-state index contributed by atoms with van der Waals surface area (Å²) < 4.78 is 30.9. The maximum Gasteiger partial charge on any atom is 0.290 e. The van der Waals surface area contributed by atoms with Crippen molar-refractivity contribution in [2.75, 3.05) is 32.8 Å². The monoisotopic (exact) mass is 385 g/mol. The lowest BCUT2D eigenvalue weighted by Gasteiger charge is -2.48. The van der Waals surface area contributed by atoms with Gasteiger partial charge in [-0.2, -0.15) is 8.78 Å². The average Bonchev–Trinajstić information content (AvgIpc) is 2.67. The van der Waals surface area contributed by atoms with Crippen LogP contribution >= 0.6 is 11.8 Å². The molecule has 0 aromatic carbocycles. The Morgan fingerprint density at radius 3 is 2.73 bits per heavy atom. The van der Waals surface area contributed by atoms with E-state index < -0.39 is 5.76 Å². The Morgan fingerprint density at radius 2 is 2.04 bits per heavy atom. The van der Waals surface area contributed by atoms with Gasteiger partial charge in [0.2, 0.25) is 0 Å². The van der Waals surface area contributed by atoms with Crippen LogP contribution in [0.25, 0.3) is 0 Å². The first-order valence-corrected chi connectivity index (χ1v) is 9.99. The van der Waals surface area contributed by atoms with Gasteiger partial charge in [0, 0.05) is 31.4 Å². The first-order valence-electron chi connectivity index (χ1n) is 9.12. The van der Waals surface area contributed by atoms with Crippen LogP contribution in [0, 0.1) is 0 Å². The molecule has 1 aliphatic heterocycles. The fourth-order valence-corrected chi connectivity index (χ4v) is 4.51. The molecule has 1 aromatic rings. The lowest BCUT2D eigenvalue weighted by atomic mass is 9.79. The van der Waals surface area contributed by atoms with Crippen LogP contribution in [0.15, 0.2) is 23.4 Å². The summed E-state index contributed by atoms with van der Waals surface area (Å²) in [4.78, 5) is 19.0. The second kappa shape index (κ2) is 9.10. The SMILES string of the molecule is O=C(NCC1(N2CCOCC2)CCCCC1)c1cccnc1SC(F)F. The molecule has 0 unspecified atom stereocenters. The summed E-state index contributed by atoms with van der Waals surface area (Å²) in [6.45, 7) is 3.70. The van der Waals surface area contributed by atoms with Crippen LogP contribution < -0.4 is 5.32 Å². The minimum absolute atomic E-state index is 0.0596. The molecule has 26 heavy (non-hydrogen) atoms. The molecular formula is C18H25F2N3O2S. The number of thioether (sulfide) groups is 1. The summed E-state index contributed by atoms with van der Waals surface area (Å²) in [7, 11) is 0. The smallest absolute Gasteiger partial charge is 0.290 e. The van der Waals surface area contributed by atoms with Crippen molar-refractivity contribution in [1.82, 2.24) is 15.2 Å². The van der Waals surface area contributed by atoms with Crippen molar-refractivity contribution in [2.45, 2.75) is 48.4 Å². The van der Waals surface area contributed by atoms with E-state index in [1.54, 1.807) is 12.1 Å². The number of halogens is 2. The van der Waals surface area contributed by atoms with Gasteiger partial charge in [0.1, 0.15) is 5.03 Å². The third kappa shape index (κ3) is 4.72. The van der Waals surface area contributed by atoms with Crippen LogP contribution in [0.4, 0.5) is 8.78 Å². The highest BCUT2D eigenvalue weighted by molar-refractivity contribution is 7.99. The Labute approximate surface area is 156 Å². The van der Waals surface area contributed by atoms with Crippen LogP contribution in [0.5, 0.6) is 0 Å². The standard InChI is InChI=1S/C18H25F2N3O2S/c19-17(20)26-16-14(5-4-8-21-16)15(24)22-13-18(6-2-1-3-7-18)23-9-11-25-12-10-23/h4-5,8,17H,1-3,6-7,9-13H2,(H,22,24). The number of carbonyl (C=O) groups is 1. The van der Waals surface area contributed by atoms with Gasteiger partial charge in [0.15, 0.2) is 0 Å². The summed E-state index contributed by atoms with van der Waals surface area (Å²) in [6, 6.07) is 3.15. The quantitative estimate of drug-likeness (QED) is 0.763. The number of carbonyl (C=O) groups excluding carboxylic acids is 1. The molecule has 1 aliphatic carbocycles. The maximum atomic E-state index is 12.7. The van der Waals surface area contributed by atoms with E-state index in [2.05, 4.69) is 15.2 Å². The van der Waals surface area contributed by atoms with Gasteiger partial charge >= 0.3 is 0 Å². The molecule has 2 fully saturated rings. The highest BCUT2D eigenvalue weighted by atomic mass is 32.2.